The number of halogens is 2. The number of benzene rings is 1. The number of hydrogen-bond acceptors (Lipinski definition) is 5. The summed E-state index contributed by atoms with van der Waals surface area (Å²) >= 11 is 6.08. The van der Waals surface area contributed by atoms with Crippen molar-refractivity contribution in [2.75, 3.05) is 31.1 Å². The fourth-order valence-electron chi connectivity index (χ4n) is 2.65. The van der Waals surface area contributed by atoms with Crippen LogP contribution in [0.4, 0.5) is 10.2 Å². The third-order valence-corrected chi connectivity index (χ3v) is 4.38. The highest BCUT2D eigenvalue weighted by Crippen LogP contribution is 2.22. The van der Waals surface area contributed by atoms with Crippen molar-refractivity contribution in [2.24, 2.45) is 5.73 Å². The second-order valence-corrected chi connectivity index (χ2v) is 5.99. The van der Waals surface area contributed by atoms with Crippen LogP contribution in [-0.4, -0.2) is 47.0 Å². The van der Waals surface area contributed by atoms with Gasteiger partial charge in [0.15, 0.2) is 0 Å². The Balaban J connectivity index is 1.60. The highest BCUT2D eigenvalue weighted by atomic mass is 35.5. The molecule has 1 aromatic heterocycles. The molecule has 24 heavy (non-hydrogen) atoms. The number of nitrogens with two attached hydrogens (primary N) is 1. The number of piperazine rings is 1. The van der Waals surface area contributed by atoms with Crippen LogP contribution in [0, 0.1) is 5.82 Å². The maximum atomic E-state index is 13.9. The fourth-order valence-corrected chi connectivity index (χ4v) is 2.88. The van der Waals surface area contributed by atoms with Gasteiger partial charge in [-0.1, -0.05) is 17.7 Å². The normalized spacial score (nSPS) is 15.5. The molecule has 0 saturated carbocycles. The molecule has 6 nitrogen and oxygen atoms in total. The first-order valence-electron chi connectivity index (χ1n) is 7.56. The number of hydrogen-bond donors (Lipinski definition) is 1. The number of nitrogens with zero attached hydrogens (tertiary/aromatic N) is 4. The average molecular weight is 350 g/mol. The summed E-state index contributed by atoms with van der Waals surface area (Å²) in [6.45, 7) is 3.45. The number of primary amides is 1. The van der Waals surface area contributed by atoms with E-state index in [1.54, 1.807) is 18.3 Å². The van der Waals surface area contributed by atoms with E-state index in [1.807, 2.05) is 0 Å². The number of rotatable bonds is 4. The molecule has 1 amide bonds. The first-order valence-corrected chi connectivity index (χ1v) is 7.94. The van der Waals surface area contributed by atoms with Crippen LogP contribution in [0.1, 0.15) is 16.1 Å². The molecule has 1 aliphatic heterocycles. The average Bonchev–Trinajstić information content (AvgIpc) is 2.59. The quantitative estimate of drug-likeness (QED) is 0.909. The summed E-state index contributed by atoms with van der Waals surface area (Å²) in [4.78, 5) is 23.5. The van der Waals surface area contributed by atoms with Crippen molar-refractivity contribution in [1.29, 1.82) is 0 Å². The molecule has 1 saturated heterocycles. The molecular formula is C16H17ClFN5O. The van der Waals surface area contributed by atoms with Crippen LogP contribution >= 0.6 is 11.6 Å². The van der Waals surface area contributed by atoms with Gasteiger partial charge in [0, 0.05) is 43.3 Å². The summed E-state index contributed by atoms with van der Waals surface area (Å²) in [7, 11) is 0. The van der Waals surface area contributed by atoms with Gasteiger partial charge in [-0.2, -0.15) is 0 Å². The molecule has 0 spiro atoms. The largest absolute Gasteiger partial charge is 0.364 e. The Labute approximate surface area is 144 Å². The predicted molar refractivity (Wildman–Crippen MR) is 89.4 cm³/mol. The van der Waals surface area contributed by atoms with E-state index in [2.05, 4.69) is 19.8 Å². The Bertz CT molecular complexity index is 711. The Kier molecular flexibility index (Phi) is 4.92. The van der Waals surface area contributed by atoms with Crippen molar-refractivity contribution in [3.8, 4) is 0 Å². The fraction of sp³-hybridized carbons (Fsp3) is 0.312. The summed E-state index contributed by atoms with van der Waals surface area (Å²) in [6.07, 6.45) is 2.92. The molecule has 1 aromatic carbocycles. The second kappa shape index (κ2) is 7.11. The maximum absolute atomic E-state index is 13.9. The van der Waals surface area contributed by atoms with Gasteiger partial charge in [-0.15, -0.1) is 0 Å². The number of anilines is 1. The minimum Gasteiger partial charge on any atom is -0.364 e. The van der Waals surface area contributed by atoms with Crippen LogP contribution in [-0.2, 0) is 6.54 Å². The molecule has 8 heteroatoms. The molecule has 2 N–H and O–H groups in total. The third kappa shape index (κ3) is 3.63. The Morgan fingerprint density at radius 1 is 1.21 bits per heavy atom. The van der Waals surface area contributed by atoms with E-state index in [1.165, 1.54) is 12.3 Å². The minimum absolute atomic E-state index is 0.145. The van der Waals surface area contributed by atoms with Gasteiger partial charge >= 0.3 is 0 Å². The highest BCUT2D eigenvalue weighted by Gasteiger charge is 2.20. The smallest absolute Gasteiger partial charge is 0.268 e. The third-order valence-electron chi connectivity index (χ3n) is 4.03. The zero-order chi connectivity index (χ0) is 17.1. The molecule has 1 fully saturated rings. The summed E-state index contributed by atoms with van der Waals surface area (Å²) in [5.74, 6) is -0.179. The summed E-state index contributed by atoms with van der Waals surface area (Å²) < 4.78 is 13.9. The first kappa shape index (κ1) is 16.6. The topological polar surface area (TPSA) is 75.4 Å². The Morgan fingerprint density at radius 2 is 1.96 bits per heavy atom. The zero-order valence-corrected chi connectivity index (χ0v) is 13.7. The molecule has 0 radical (unpaired) electrons. The van der Waals surface area contributed by atoms with Crippen molar-refractivity contribution in [3.05, 3.63) is 52.7 Å². The molecule has 0 unspecified atom stereocenters. The molecule has 2 aromatic rings. The van der Waals surface area contributed by atoms with E-state index < -0.39 is 5.91 Å². The molecule has 2 heterocycles. The van der Waals surface area contributed by atoms with Gasteiger partial charge in [-0.05, 0) is 12.1 Å². The second-order valence-electron chi connectivity index (χ2n) is 5.59. The molecule has 0 atom stereocenters. The monoisotopic (exact) mass is 349 g/mol. The van der Waals surface area contributed by atoms with E-state index >= 15 is 0 Å². The van der Waals surface area contributed by atoms with Gasteiger partial charge in [0.2, 0.25) is 0 Å². The Hall–Kier alpha value is -2.25. The van der Waals surface area contributed by atoms with Crippen molar-refractivity contribution < 1.29 is 9.18 Å². The molecule has 3 rings (SSSR count). The lowest BCUT2D eigenvalue weighted by Gasteiger charge is -2.35. The molecule has 126 valence electrons. The van der Waals surface area contributed by atoms with Gasteiger partial charge < -0.3 is 10.6 Å². The van der Waals surface area contributed by atoms with E-state index in [0.29, 0.717) is 22.9 Å². The van der Waals surface area contributed by atoms with Crippen molar-refractivity contribution in [2.45, 2.75) is 6.54 Å². The van der Waals surface area contributed by atoms with Crippen molar-refractivity contribution in [1.82, 2.24) is 14.9 Å². The van der Waals surface area contributed by atoms with E-state index in [4.69, 9.17) is 17.3 Å². The lowest BCUT2D eigenvalue weighted by molar-refractivity contribution is 0.0995. The van der Waals surface area contributed by atoms with Crippen LogP contribution in [0.5, 0.6) is 0 Å². The zero-order valence-electron chi connectivity index (χ0n) is 13.0. The Morgan fingerprint density at radius 3 is 2.54 bits per heavy atom. The van der Waals surface area contributed by atoms with Crippen LogP contribution in [0.25, 0.3) is 0 Å². The van der Waals surface area contributed by atoms with Crippen LogP contribution < -0.4 is 10.6 Å². The first-order chi connectivity index (χ1) is 11.5. The van der Waals surface area contributed by atoms with Gasteiger partial charge in [-0.25, -0.2) is 14.4 Å². The summed E-state index contributed by atoms with van der Waals surface area (Å²) in [5, 5.41) is 0.449. The van der Waals surface area contributed by atoms with Gasteiger partial charge in [0.25, 0.3) is 5.91 Å². The molecular weight excluding hydrogens is 333 g/mol. The van der Waals surface area contributed by atoms with Crippen molar-refractivity contribution >= 4 is 23.3 Å². The molecule has 0 aliphatic carbocycles. The predicted octanol–water partition coefficient (Wildman–Crippen LogP) is 1.69. The van der Waals surface area contributed by atoms with Crippen LogP contribution in [0.15, 0.2) is 30.6 Å². The number of carbonyl (C=O) groups is 1. The molecule has 0 bridgehead atoms. The summed E-state index contributed by atoms with van der Waals surface area (Å²) in [5.41, 5.74) is 5.83. The van der Waals surface area contributed by atoms with E-state index in [9.17, 15) is 9.18 Å². The van der Waals surface area contributed by atoms with Gasteiger partial charge in [0.05, 0.1) is 12.4 Å². The lowest BCUT2D eigenvalue weighted by Crippen LogP contribution is -2.46. The highest BCUT2D eigenvalue weighted by molar-refractivity contribution is 6.31. The standard InChI is InChI=1S/C16H17ClFN5O/c17-12-2-1-3-13(18)11(12)10-22-4-6-23(7-5-22)15-9-20-14(8-21-15)16(19)24/h1-3,8-9H,4-7,10H2,(H2,19,24). The van der Waals surface area contributed by atoms with E-state index in [0.717, 1.165) is 26.2 Å². The minimum atomic E-state index is -0.597. The number of amides is 1. The van der Waals surface area contributed by atoms with Gasteiger partial charge in [-0.3, -0.25) is 9.69 Å². The summed E-state index contributed by atoms with van der Waals surface area (Å²) in [6, 6.07) is 4.73. The van der Waals surface area contributed by atoms with Crippen molar-refractivity contribution in [3.63, 3.8) is 0 Å². The SMILES string of the molecule is NC(=O)c1cnc(N2CCN(Cc3c(F)cccc3Cl)CC2)cn1. The van der Waals surface area contributed by atoms with Gasteiger partial charge in [0.1, 0.15) is 17.3 Å². The number of aromatic nitrogens is 2. The van der Waals surface area contributed by atoms with E-state index in [-0.39, 0.29) is 11.5 Å². The van der Waals surface area contributed by atoms with Crippen LogP contribution in [0.3, 0.4) is 0 Å². The van der Waals surface area contributed by atoms with Crippen LogP contribution in [0.2, 0.25) is 5.02 Å². The molecule has 1 aliphatic rings. The maximum Gasteiger partial charge on any atom is 0.268 e. The lowest BCUT2D eigenvalue weighted by atomic mass is 10.2. The number of carbonyl (C=O) groups excluding carboxylic acids is 1.